The number of rotatable bonds is 6. The van der Waals surface area contributed by atoms with E-state index < -0.39 is 17.6 Å². The molecule has 4 nitrogen and oxygen atoms in total. The van der Waals surface area contributed by atoms with Crippen molar-refractivity contribution in [3.05, 3.63) is 65.5 Å². The maximum absolute atomic E-state index is 14.3. The Morgan fingerprint density at radius 2 is 1.80 bits per heavy atom. The highest BCUT2D eigenvalue weighted by molar-refractivity contribution is 6.08. The van der Waals surface area contributed by atoms with Crippen molar-refractivity contribution in [2.24, 2.45) is 0 Å². The van der Waals surface area contributed by atoms with Gasteiger partial charge in [-0.1, -0.05) is 63.4 Å². The number of anilines is 1. The number of fused-ring (bicyclic) bond motifs is 2. The average Bonchev–Trinajstić information content (AvgIpc) is 2.96. The van der Waals surface area contributed by atoms with Gasteiger partial charge < -0.3 is 15.3 Å². The van der Waals surface area contributed by atoms with E-state index >= 15 is 0 Å². The van der Waals surface area contributed by atoms with Crippen LogP contribution in [0.3, 0.4) is 0 Å². The lowest BCUT2D eigenvalue weighted by Gasteiger charge is -2.36. The van der Waals surface area contributed by atoms with Gasteiger partial charge in [0.1, 0.15) is 5.82 Å². The van der Waals surface area contributed by atoms with Gasteiger partial charge in [0.2, 0.25) is 5.91 Å². The normalized spacial score (nSPS) is 19.9. The van der Waals surface area contributed by atoms with Crippen LogP contribution in [0.4, 0.5) is 10.1 Å². The smallest absolute Gasteiger partial charge is 0.238 e. The summed E-state index contributed by atoms with van der Waals surface area (Å²) >= 11 is 0. The lowest BCUT2D eigenvalue weighted by Crippen LogP contribution is -2.48. The topological polar surface area (TPSA) is 52.6 Å². The third kappa shape index (κ3) is 3.65. The summed E-state index contributed by atoms with van der Waals surface area (Å²) in [4.78, 5) is 15.7. The summed E-state index contributed by atoms with van der Waals surface area (Å²) in [7, 11) is 0. The number of carbonyl (C=O) groups is 1. The molecule has 1 fully saturated rings. The summed E-state index contributed by atoms with van der Waals surface area (Å²) in [5, 5.41) is 14.5. The van der Waals surface area contributed by atoms with Crippen LogP contribution in [0, 0.1) is 5.82 Å². The van der Waals surface area contributed by atoms with E-state index in [9.17, 15) is 14.3 Å². The van der Waals surface area contributed by atoms with Gasteiger partial charge in [0.15, 0.2) is 0 Å². The zero-order valence-electron chi connectivity index (χ0n) is 17.8. The number of amides is 1. The Hall–Kier alpha value is -2.24. The minimum Gasteiger partial charge on any atom is -0.389 e. The predicted octanol–water partition coefficient (Wildman–Crippen LogP) is 4.47. The minimum absolute atomic E-state index is 0.000231. The van der Waals surface area contributed by atoms with Crippen LogP contribution in [-0.2, 0) is 10.2 Å². The fourth-order valence-corrected chi connectivity index (χ4v) is 5.13. The van der Waals surface area contributed by atoms with Gasteiger partial charge in [0, 0.05) is 18.3 Å². The molecule has 1 aliphatic carbocycles. The van der Waals surface area contributed by atoms with Crippen LogP contribution in [0.15, 0.2) is 48.5 Å². The molecule has 2 N–H and O–H groups in total. The van der Waals surface area contributed by atoms with Gasteiger partial charge in [0.05, 0.1) is 17.6 Å². The first-order chi connectivity index (χ1) is 14.4. The molecule has 0 radical (unpaired) electrons. The highest BCUT2D eigenvalue weighted by Gasteiger charge is 2.53. The third-order valence-corrected chi connectivity index (χ3v) is 6.59. The Kier molecular flexibility index (Phi) is 5.94. The first kappa shape index (κ1) is 21.0. The summed E-state index contributed by atoms with van der Waals surface area (Å²) in [5.41, 5.74) is 1.73. The Morgan fingerprint density at radius 3 is 2.47 bits per heavy atom. The van der Waals surface area contributed by atoms with Gasteiger partial charge in [-0.3, -0.25) is 4.79 Å². The number of benzene rings is 2. The molecule has 30 heavy (non-hydrogen) atoms. The van der Waals surface area contributed by atoms with E-state index in [0.717, 1.165) is 48.9 Å². The van der Waals surface area contributed by atoms with Crippen molar-refractivity contribution in [2.75, 3.05) is 11.4 Å². The number of hydrogen-bond donors (Lipinski definition) is 2. The molecule has 0 unspecified atom stereocenters. The van der Waals surface area contributed by atoms with Crippen molar-refractivity contribution >= 4 is 11.6 Å². The van der Waals surface area contributed by atoms with Crippen molar-refractivity contribution < 1.29 is 14.3 Å². The molecule has 2 aromatic rings. The Morgan fingerprint density at radius 1 is 1.10 bits per heavy atom. The molecular formula is C25H31FN2O2. The van der Waals surface area contributed by atoms with E-state index in [1.807, 2.05) is 44.2 Å². The highest BCUT2D eigenvalue weighted by Crippen LogP contribution is 2.52. The molecule has 4 rings (SSSR count). The summed E-state index contributed by atoms with van der Waals surface area (Å²) < 4.78 is 14.3. The maximum atomic E-state index is 14.3. The maximum Gasteiger partial charge on any atom is 0.238 e. The number of nitrogens with one attached hydrogen (secondary N) is 1. The SMILES string of the molecule is CC(C)NC[C@@H](O)[C@H](c1ccccc1)N1C(=O)C2(CCCCC2)c2cc(F)ccc21. The van der Waals surface area contributed by atoms with Gasteiger partial charge in [-0.25, -0.2) is 4.39 Å². The second-order valence-corrected chi connectivity index (χ2v) is 8.97. The molecule has 5 heteroatoms. The average molecular weight is 411 g/mol. The zero-order valence-corrected chi connectivity index (χ0v) is 17.8. The number of nitrogens with zero attached hydrogens (tertiary/aromatic N) is 1. The van der Waals surface area contributed by atoms with Crippen molar-refractivity contribution in [1.82, 2.24) is 5.32 Å². The minimum atomic E-state index is -0.796. The predicted molar refractivity (Wildman–Crippen MR) is 117 cm³/mol. The fourth-order valence-electron chi connectivity index (χ4n) is 5.13. The summed E-state index contributed by atoms with van der Waals surface area (Å²) in [6.45, 7) is 4.42. The third-order valence-electron chi connectivity index (χ3n) is 6.59. The molecule has 1 aliphatic heterocycles. The lowest BCUT2D eigenvalue weighted by molar-refractivity contribution is -0.125. The van der Waals surface area contributed by atoms with E-state index in [4.69, 9.17) is 0 Å². The molecule has 1 saturated carbocycles. The van der Waals surface area contributed by atoms with Gasteiger partial charge in [-0.05, 0) is 42.2 Å². The van der Waals surface area contributed by atoms with E-state index in [-0.39, 0.29) is 17.8 Å². The summed E-state index contributed by atoms with van der Waals surface area (Å²) in [6, 6.07) is 14.0. The van der Waals surface area contributed by atoms with Crippen molar-refractivity contribution in [3.8, 4) is 0 Å². The van der Waals surface area contributed by atoms with Crippen LogP contribution < -0.4 is 10.2 Å². The standard InChI is InChI=1S/C25H31FN2O2/c1-17(2)27-16-22(29)23(18-9-5-3-6-10-18)28-21-12-11-19(26)15-20(21)25(24(28)30)13-7-4-8-14-25/h3,5-6,9-12,15,17,22-23,27,29H,4,7-8,13-14,16H2,1-2H3/t22-,23+/m1/s1. The first-order valence-corrected chi connectivity index (χ1v) is 11.0. The van der Waals surface area contributed by atoms with Gasteiger partial charge in [0.25, 0.3) is 0 Å². The fraction of sp³-hybridized carbons (Fsp3) is 0.480. The Balaban J connectivity index is 1.81. The Bertz CT molecular complexity index is 893. The van der Waals surface area contributed by atoms with Crippen LogP contribution in [0.1, 0.15) is 63.1 Å². The van der Waals surface area contributed by atoms with Crippen molar-refractivity contribution in [3.63, 3.8) is 0 Å². The van der Waals surface area contributed by atoms with Crippen molar-refractivity contribution in [2.45, 2.75) is 69.6 Å². The van der Waals surface area contributed by atoms with Crippen molar-refractivity contribution in [1.29, 1.82) is 0 Å². The quantitative estimate of drug-likeness (QED) is 0.739. The number of aliphatic hydroxyl groups excluding tert-OH is 1. The van der Waals surface area contributed by atoms with Gasteiger partial charge in [-0.2, -0.15) is 0 Å². The lowest BCUT2D eigenvalue weighted by atomic mass is 9.70. The van der Waals surface area contributed by atoms with Crippen LogP contribution in [0.5, 0.6) is 0 Å². The molecule has 0 bridgehead atoms. The number of carbonyl (C=O) groups excluding carboxylic acids is 1. The molecular weight excluding hydrogens is 379 g/mol. The molecule has 1 amide bonds. The monoisotopic (exact) mass is 410 g/mol. The highest BCUT2D eigenvalue weighted by atomic mass is 19.1. The first-order valence-electron chi connectivity index (χ1n) is 11.0. The van der Waals surface area contributed by atoms with Gasteiger partial charge >= 0.3 is 0 Å². The summed E-state index contributed by atoms with van der Waals surface area (Å²) in [6.07, 6.45) is 3.70. The second kappa shape index (κ2) is 8.48. The van der Waals surface area contributed by atoms with Gasteiger partial charge in [-0.15, -0.1) is 0 Å². The number of halogens is 1. The molecule has 2 aromatic carbocycles. The van der Waals surface area contributed by atoms with E-state index in [2.05, 4.69) is 5.32 Å². The molecule has 0 saturated heterocycles. The number of hydrogen-bond acceptors (Lipinski definition) is 3. The molecule has 160 valence electrons. The molecule has 0 aromatic heterocycles. The van der Waals surface area contributed by atoms with Crippen LogP contribution in [0.2, 0.25) is 0 Å². The van der Waals surface area contributed by atoms with E-state index in [1.165, 1.54) is 6.07 Å². The molecule has 2 atom stereocenters. The largest absolute Gasteiger partial charge is 0.389 e. The molecule has 1 heterocycles. The Labute approximate surface area is 178 Å². The summed E-state index contributed by atoms with van der Waals surface area (Å²) in [5.74, 6) is -0.313. The van der Waals surface area contributed by atoms with E-state index in [0.29, 0.717) is 6.54 Å². The van der Waals surface area contributed by atoms with Crippen LogP contribution in [-0.4, -0.2) is 29.7 Å². The van der Waals surface area contributed by atoms with Crippen LogP contribution >= 0.6 is 0 Å². The zero-order chi connectivity index (χ0) is 21.3. The number of aliphatic hydroxyl groups is 1. The molecule has 2 aliphatic rings. The van der Waals surface area contributed by atoms with E-state index in [1.54, 1.807) is 17.0 Å². The van der Waals surface area contributed by atoms with Crippen LogP contribution in [0.25, 0.3) is 0 Å². The molecule has 1 spiro atoms. The second-order valence-electron chi connectivity index (χ2n) is 8.97.